The van der Waals surface area contributed by atoms with E-state index in [-0.39, 0.29) is 32.7 Å². The van der Waals surface area contributed by atoms with Gasteiger partial charge < -0.3 is 4.42 Å². The Morgan fingerprint density at radius 1 is 0.373 bits per heavy atom. The zero-order chi connectivity index (χ0) is 46.5. The lowest BCUT2D eigenvalue weighted by atomic mass is 9.83. The van der Waals surface area contributed by atoms with Crippen molar-refractivity contribution in [2.24, 2.45) is 0 Å². The molecule has 11 rings (SSSR count). The maximum absolute atomic E-state index is 9.60. The average molecular weight is 662 g/mol. The minimum absolute atomic E-state index is 0.0194. The Morgan fingerprint density at radius 2 is 1.02 bits per heavy atom. The summed E-state index contributed by atoms with van der Waals surface area (Å²) in [7, 11) is 0. The molecule has 0 spiro atoms. The Hall–Kier alpha value is -6.70. The summed E-state index contributed by atoms with van der Waals surface area (Å²) >= 11 is 0. The zero-order valence-corrected chi connectivity index (χ0v) is 26.6. The van der Waals surface area contributed by atoms with Crippen LogP contribution in [0.25, 0.3) is 109 Å². The first-order valence-corrected chi connectivity index (χ1v) is 16.4. The van der Waals surface area contributed by atoms with Crippen LogP contribution in [0.3, 0.4) is 0 Å². The molecule has 0 aliphatic rings. The molecule has 10 aromatic carbocycles. The molecule has 0 saturated carbocycles. The van der Waals surface area contributed by atoms with Gasteiger partial charge in [0.25, 0.3) is 0 Å². The van der Waals surface area contributed by atoms with Crippen molar-refractivity contribution in [2.75, 3.05) is 0 Å². The molecule has 0 atom stereocenters. The highest BCUT2D eigenvalue weighted by atomic mass is 16.3. The summed E-state index contributed by atoms with van der Waals surface area (Å²) in [6.45, 7) is 0. The fraction of sp³-hybridized carbons (Fsp3) is 0. The Kier molecular flexibility index (Phi) is 3.70. The second-order valence-corrected chi connectivity index (χ2v) is 12.4. The first-order valence-electron chi connectivity index (χ1n) is 23.9. The number of rotatable bonds is 3. The fourth-order valence-electron chi connectivity index (χ4n) is 7.62. The van der Waals surface area contributed by atoms with E-state index in [2.05, 4.69) is 0 Å². The molecule has 0 unspecified atom stereocenters. The van der Waals surface area contributed by atoms with Gasteiger partial charge in [-0.05, 0) is 106 Å². The standard InChI is InChI=1S/C50H30O/c1-4-17-35-31(13-1)16-11-24-38(35)48-41-22-9-7-20-39(41)47(40-21-8-10-23-42(40)48)34-29-33-15-3-5-18-36(33)45(30-34)43-25-12-26-46-49(43)44-28-27-32-14-2-6-19-37(32)50(44)51-46/h1-30H/i1D,4D,7D,8D,9D,10D,11D,13D,16D,17D,20D,21D,22D,23D,24D. The second kappa shape index (κ2) is 10.9. The van der Waals surface area contributed by atoms with Crippen molar-refractivity contribution in [2.45, 2.75) is 0 Å². The third-order valence-corrected chi connectivity index (χ3v) is 9.77. The van der Waals surface area contributed by atoms with Crippen LogP contribution in [0.1, 0.15) is 20.6 Å². The molecule has 1 aromatic heterocycles. The Labute approximate surface area is 315 Å². The molecular weight excluding hydrogens is 617 g/mol. The maximum atomic E-state index is 9.60. The van der Waals surface area contributed by atoms with Gasteiger partial charge in [0.15, 0.2) is 0 Å². The summed E-state index contributed by atoms with van der Waals surface area (Å²) in [6.07, 6.45) is 0. The van der Waals surface area contributed by atoms with Crippen LogP contribution >= 0.6 is 0 Å². The molecule has 0 bridgehead atoms. The largest absolute Gasteiger partial charge is 0.455 e. The minimum Gasteiger partial charge on any atom is -0.455 e. The van der Waals surface area contributed by atoms with Crippen molar-refractivity contribution >= 4 is 75.8 Å². The van der Waals surface area contributed by atoms with Crippen molar-refractivity contribution in [3.63, 3.8) is 0 Å². The van der Waals surface area contributed by atoms with E-state index in [4.69, 9.17) is 18.1 Å². The predicted molar refractivity (Wildman–Crippen MR) is 218 cm³/mol. The molecule has 0 amide bonds. The quantitative estimate of drug-likeness (QED) is 0.172. The Morgan fingerprint density at radius 3 is 1.80 bits per heavy atom. The normalized spacial score (nSPS) is 16.0. The highest BCUT2D eigenvalue weighted by molar-refractivity contribution is 6.25. The monoisotopic (exact) mass is 661 g/mol. The molecule has 236 valence electrons. The molecule has 51 heavy (non-hydrogen) atoms. The lowest BCUT2D eigenvalue weighted by molar-refractivity contribution is 0.673. The average Bonchev–Trinajstić information content (AvgIpc) is 3.72. The van der Waals surface area contributed by atoms with Crippen LogP contribution < -0.4 is 0 Å². The van der Waals surface area contributed by atoms with Crippen LogP contribution in [-0.2, 0) is 0 Å². The maximum Gasteiger partial charge on any atom is 0.143 e. The third-order valence-electron chi connectivity index (χ3n) is 9.77. The van der Waals surface area contributed by atoms with Crippen molar-refractivity contribution in [3.8, 4) is 33.4 Å². The molecule has 1 nitrogen and oxygen atoms in total. The van der Waals surface area contributed by atoms with Crippen LogP contribution in [0.5, 0.6) is 0 Å². The molecule has 0 radical (unpaired) electrons. The van der Waals surface area contributed by atoms with Gasteiger partial charge >= 0.3 is 0 Å². The van der Waals surface area contributed by atoms with Crippen LogP contribution in [0.4, 0.5) is 0 Å². The van der Waals surface area contributed by atoms with Gasteiger partial charge in [-0.3, -0.25) is 0 Å². The number of benzene rings is 10. The van der Waals surface area contributed by atoms with E-state index in [1.165, 1.54) is 0 Å². The van der Waals surface area contributed by atoms with Gasteiger partial charge in [-0.15, -0.1) is 0 Å². The summed E-state index contributed by atoms with van der Waals surface area (Å²) in [5.41, 5.74) is 2.26. The van der Waals surface area contributed by atoms with Crippen molar-refractivity contribution in [1.29, 1.82) is 0 Å². The number of furan rings is 1. The van der Waals surface area contributed by atoms with E-state index < -0.39 is 107 Å². The minimum atomic E-state index is -0.761. The highest BCUT2D eigenvalue weighted by Crippen LogP contribution is 2.48. The van der Waals surface area contributed by atoms with Gasteiger partial charge in [0, 0.05) is 16.2 Å². The van der Waals surface area contributed by atoms with Crippen LogP contribution in [0.15, 0.2) is 186 Å². The van der Waals surface area contributed by atoms with Gasteiger partial charge in [-0.2, -0.15) is 0 Å². The molecule has 1 heterocycles. The molecule has 11 aromatic rings. The van der Waals surface area contributed by atoms with E-state index >= 15 is 0 Å². The molecule has 0 saturated heterocycles. The van der Waals surface area contributed by atoms with E-state index in [9.17, 15) is 6.85 Å². The van der Waals surface area contributed by atoms with Crippen molar-refractivity contribution in [1.82, 2.24) is 0 Å². The first-order chi connectivity index (χ1) is 31.5. The molecule has 0 fully saturated rings. The second-order valence-electron chi connectivity index (χ2n) is 12.4. The predicted octanol–water partition coefficient (Wildman–Crippen LogP) is 14.4. The van der Waals surface area contributed by atoms with Gasteiger partial charge in [0.05, 0.1) is 20.6 Å². The van der Waals surface area contributed by atoms with Gasteiger partial charge in [0.1, 0.15) is 11.2 Å². The van der Waals surface area contributed by atoms with E-state index in [1.54, 1.807) is 6.07 Å². The molecule has 1 heteroatoms. The van der Waals surface area contributed by atoms with Crippen molar-refractivity contribution < 1.29 is 25.0 Å². The summed E-state index contributed by atoms with van der Waals surface area (Å²) in [4.78, 5) is 0. The summed E-state index contributed by atoms with van der Waals surface area (Å²) < 4.78 is 143. The van der Waals surface area contributed by atoms with Crippen LogP contribution in [0, 0.1) is 0 Å². The highest BCUT2D eigenvalue weighted by Gasteiger charge is 2.21. The van der Waals surface area contributed by atoms with Crippen LogP contribution in [0.2, 0.25) is 0 Å². The molecule has 0 aliphatic heterocycles. The number of fused-ring (bicyclic) bond motifs is 9. The van der Waals surface area contributed by atoms with E-state index in [0.29, 0.717) is 27.7 Å². The summed E-state index contributed by atoms with van der Waals surface area (Å²) in [5, 5.41) is 3.21. The van der Waals surface area contributed by atoms with Gasteiger partial charge in [-0.25, -0.2) is 0 Å². The van der Waals surface area contributed by atoms with Gasteiger partial charge in [0.2, 0.25) is 0 Å². The SMILES string of the molecule is [2H]c1c([2H])c([2H])c2c(-c3c4c([2H])c([2H])c([2H])c([2H])c4c(-c4cc(-c5cccc6oc7c8ccccc8ccc7c56)c5ccccc5c4)c4c([2H])c([2H])c([2H])c([2H])c34)c([2H])c([2H])c([2H])c2c1[2H]. The van der Waals surface area contributed by atoms with E-state index in [1.807, 2.05) is 84.9 Å². The van der Waals surface area contributed by atoms with Crippen LogP contribution in [-0.4, -0.2) is 0 Å². The third kappa shape index (κ3) is 4.16. The van der Waals surface area contributed by atoms with E-state index in [0.717, 1.165) is 32.5 Å². The number of hydrogen-bond acceptors (Lipinski definition) is 1. The Bertz CT molecular complexity index is 3970. The van der Waals surface area contributed by atoms with Crippen molar-refractivity contribution in [3.05, 3.63) is 182 Å². The fourth-order valence-corrected chi connectivity index (χ4v) is 7.62. The zero-order valence-electron chi connectivity index (χ0n) is 41.6. The number of hydrogen-bond donors (Lipinski definition) is 0. The molecule has 0 N–H and O–H groups in total. The lowest BCUT2D eigenvalue weighted by Gasteiger charge is -2.20. The smallest absolute Gasteiger partial charge is 0.143 e. The Balaban J connectivity index is 1.39. The molecular formula is C50H30O. The topological polar surface area (TPSA) is 13.1 Å². The summed E-state index contributed by atoms with van der Waals surface area (Å²) in [6, 6.07) is 18.5. The summed E-state index contributed by atoms with van der Waals surface area (Å²) in [5.74, 6) is 0. The lowest BCUT2D eigenvalue weighted by Crippen LogP contribution is -1.92. The van der Waals surface area contributed by atoms with Gasteiger partial charge in [-0.1, -0.05) is 157 Å². The molecule has 0 aliphatic carbocycles. The first kappa shape index (κ1) is 17.3.